The molecule has 5 rings (SSSR count). The third kappa shape index (κ3) is 3.17. The van der Waals surface area contributed by atoms with Crippen molar-refractivity contribution in [2.24, 2.45) is 0 Å². The van der Waals surface area contributed by atoms with Crippen LogP contribution in [0.2, 0.25) is 0 Å². The van der Waals surface area contributed by atoms with Gasteiger partial charge in [0, 0.05) is 25.8 Å². The first-order valence-corrected chi connectivity index (χ1v) is 9.80. The first-order chi connectivity index (χ1) is 13.2. The van der Waals surface area contributed by atoms with Crippen LogP contribution in [-0.2, 0) is 16.8 Å². The van der Waals surface area contributed by atoms with Gasteiger partial charge in [-0.05, 0) is 43.9 Å². The number of aryl methyl sites for hydroxylation is 1. The minimum absolute atomic E-state index is 0.0677. The summed E-state index contributed by atoms with van der Waals surface area (Å²) in [6.45, 7) is 6.14. The lowest BCUT2D eigenvalue weighted by molar-refractivity contribution is -0.105. The van der Waals surface area contributed by atoms with Gasteiger partial charge in [0.2, 0.25) is 0 Å². The highest BCUT2D eigenvalue weighted by molar-refractivity contribution is 5.40. The number of piperidine rings is 1. The molecule has 6 heteroatoms. The monoisotopic (exact) mass is 367 g/mol. The molecule has 0 N–H and O–H groups in total. The number of benzene rings is 1. The van der Waals surface area contributed by atoms with Crippen molar-refractivity contribution >= 4 is 0 Å². The lowest BCUT2D eigenvalue weighted by Gasteiger charge is -2.44. The number of ether oxygens (including phenoxy) is 3. The van der Waals surface area contributed by atoms with Gasteiger partial charge in [0.1, 0.15) is 24.1 Å². The Hall–Kier alpha value is -2.18. The van der Waals surface area contributed by atoms with E-state index in [4.69, 9.17) is 19.2 Å². The van der Waals surface area contributed by atoms with Crippen LogP contribution in [0.5, 0.6) is 11.5 Å². The summed E-state index contributed by atoms with van der Waals surface area (Å²) in [6, 6.07) is 7.89. The van der Waals surface area contributed by atoms with Crippen LogP contribution in [0.4, 0.5) is 0 Å². The fourth-order valence-corrected chi connectivity index (χ4v) is 4.42. The van der Waals surface area contributed by atoms with Crippen molar-refractivity contribution in [3.63, 3.8) is 0 Å². The molecular formula is C21H25N3O3. The van der Waals surface area contributed by atoms with Crippen LogP contribution in [0.3, 0.4) is 0 Å². The van der Waals surface area contributed by atoms with E-state index in [1.807, 2.05) is 37.4 Å². The topological polar surface area (TPSA) is 56.7 Å². The van der Waals surface area contributed by atoms with E-state index in [2.05, 4.69) is 9.88 Å². The molecule has 142 valence electrons. The molecule has 3 aliphatic rings. The van der Waals surface area contributed by atoms with E-state index in [9.17, 15) is 0 Å². The maximum atomic E-state index is 6.30. The summed E-state index contributed by atoms with van der Waals surface area (Å²) in [5.74, 6) is 2.51. The Morgan fingerprint density at radius 3 is 2.85 bits per heavy atom. The first kappa shape index (κ1) is 17.0. The van der Waals surface area contributed by atoms with Gasteiger partial charge in [0.05, 0.1) is 12.3 Å². The number of fused-ring (bicyclic) bond motifs is 3. The number of aromatic nitrogens is 2. The summed E-state index contributed by atoms with van der Waals surface area (Å²) in [4.78, 5) is 11.6. The highest BCUT2D eigenvalue weighted by Crippen LogP contribution is 2.40. The van der Waals surface area contributed by atoms with Gasteiger partial charge >= 0.3 is 0 Å². The summed E-state index contributed by atoms with van der Waals surface area (Å²) in [5, 5.41) is 0. The Kier molecular flexibility index (Phi) is 4.25. The summed E-state index contributed by atoms with van der Waals surface area (Å²) in [7, 11) is 0. The third-order valence-corrected chi connectivity index (χ3v) is 5.86. The van der Waals surface area contributed by atoms with E-state index in [0.29, 0.717) is 6.61 Å². The van der Waals surface area contributed by atoms with Crippen LogP contribution in [0.25, 0.3) is 0 Å². The number of likely N-dealkylation sites (tertiary alicyclic amines) is 1. The predicted molar refractivity (Wildman–Crippen MR) is 100 cm³/mol. The highest BCUT2D eigenvalue weighted by Gasteiger charge is 2.42. The standard InChI is InChI=1S/C21H25N3O3/c1-15-22-12-16-6-11-26-21(20(16)23-15)7-9-24(10-8-21)13-17-14-25-18-4-2-3-5-19(18)27-17/h2-5,12,17H,6-11,13-14H2,1H3. The van der Waals surface area contributed by atoms with Crippen LogP contribution >= 0.6 is 0 Å². The number of para-hydroxylation sites is 2. The number of hydrogen-bond acceptors (Lipinski definition) is 6. The van der Waals surface area contributed by atoms with E-state index in [1.54, 1.807) is 0 Å². The average Bonchev–Trinajstić information content (AvgIpc) is 2.70. The van der Waals surface area contributed by atoms with E-state index in [-0.39, 0.29) is 11.7 Å². The molecule has 0 saturated carbocycles. The summed E-state index contributed by atoms with van der Waals surface area (Å²) < 4.78 is 18.3. The third-order valence-electron chi connectivity index (χ3n) is 5.86. The van der Waals surface area contributed by atoms with Gasteiger partial charge in [0.15, 0.2) is 11.5 Å². The average molecular weight is 367 g/mol. The molecule has 0 amide bonds. The largest absolute Gasteiger partial charge is 0.486 e. The predicted octanol–water partition coefficient (Wildman–Crippen LogP) is 2.49. The fraction of sp³-hybridized carbons (Fsp3) is 0.524. The van der Waals surface area contributed by atoms with Crippen LogP contribution in [0.1, 0.15) is 29.9 Å². The second-order valence-electron chi connectivity index (χ2n) is 7.68. The molecule has 1 saturated heterocycles. The molecule has 1 spiro atoms. The molecule has 1 aromatic heterocycles. The molecule has 3 aliphatic heterocycles. The lowest BCUT2D eigenvalue weighted by Crippen LogP contribution is -2.50. The van der Waals surface area contributed by atoms with Crippen molar-refractivity contribution < 1.29 is 14.2 Å². The van der Waals surface area contributed by atoms with E-state index >= 15 is 0 Å². The van der Waals surface area contributed by atoms with Gasteiger partial charge in [-0.25, -0.2) is 9.97 Å². The Morgan fingerprint density at radius 1 is 1.19 bits per heavy atom. The van der Waals surface area contributed by atoms with Crippen molar-refractivity contribution in [1.82, 2.24) is 14.9 Å². The van der Waals surface area contributed by atoms with Crippen molar-refractivity contribution in [3.05, 3.63) is 47.5 Å². The highest BCUT2D eigenvalue weighted by atomic mass is 16.6. The normalized spacial score (nSPS) is 23.8. The van der Waals surface area contributed by atoms with Crippen LogP contribution in [0, 0.1) is 6.92 Å². The molecule has 1 unspecified atom stereocenters. The van der Waals surface area contributed by atoms with E-state index in [1.165, 1.54) is 5.56 Å². The molecule has 0 bridgehead atoms. The quantitative estimate of drug-likeness (QED) is 0.813. The maximum absolute atomic E-state index is 6.30. The lowest BCUT2D eigenvalue weighted by atomic mass is 9.83. The SMILES string of the molecule is Cc1ncc2c(n1)C1(CCN(CC3COc4ccccc4O3)CC1)OCC2. The Balaban J connectivity index is 1.25. The van der Waals surface area contributed by atoms with Gasteiger partial charge in [-0.3, -0.25) is 4.90 Å². The molecule has 0 radical (unpaired) electrons. The molecular weight excluding hydrogens is 342 g/mol. The van der Waals surface area contributed by atoms with Crippen LogP contribution in [0.15, 0.2) is 30.5 Å². The second kappa shape index (κ2) is 6.77. The van der Waals surface area contributed by atoms with E-state index < -0.39 is 0 Å². The fourth-order valence-electron chi connectivity index (χ4n) is 4.42. The van der Waals surface area contributed by atoms with Crippen LogP contribution in [-0.4, -0.2) is 53.8 Å². The second-order valence-corrected chi connectivity index (χ2v) is 7.68. The minimum atomic E-state index is -0.242. The van der Waals surface area contributed by atoms with Crippen LogP contribution < -0.4 is 9.47 Å². The summed E-state index contributed by atoms with van der Waals surface area (Å²) in [5.41, 5.74) is 2.13. The van der Waals surface area contributed by atoms with Gasteiger partial charge in [-0.2, -0.15) is 0 Å². The summed E-state index contributed by atoms with van der Waals surface area (Å²) >= 11 is 0. The zero-order chi connectivity index (χ0) is 18.3. The molecule has 1 atom stereocenters. The Bertz CT molecular complexity index is 833. The minimum Gasteiger partial charge on any atom is -0.486 e. The molecule has 27 heavy (non-hydrogen) atoms. The summed E-state index contributed by atoms with van der Waals surface area (Å²) in [6.07, 6.45) is 4.88. The molecule has 6 nitrogen and oxygen atoms in total. The molecule has 1 aromatic carbocycles. The molecule has 1 fully saturated rings. The van der Waals surface area contributed by atoms with Crippen molar-refractivity contribution in [2.45, 2.75) is 37.9 Å². The zero-order valence-electron chi connectivity index (χ0n) is 15.7. The number of nitrogens with zero attached hydrogens (tertiary/aromatic N) is 3. The first-order valence-electron chi connectivity index (χ1n) is 9.80. The number of hydrogen-bond donors (Lipinski definition) is 0. The van der Waals surface area contributed by atoms with Gasteiger partial charge < -0.3 is 14.2 Å². The number of rotatable bonds is 2. The Morgan fingerprint density at radius 2 is 2.00 bits per heavy atom. The van der Waals surface area contributed by atoms with Crippen molar-refractivity contribution in [2.75, 3.05) is 32.8 Å². The molecule has 4 heterocycles. The van der Waals surface area contributed by atoms with Gasteiger partial charge in [-0.15, -0.1) is 0 Å². The smallest absolute Gasteiger partial charge is 0.161 e. The van der Waals surface area contributed by atoms with E-state index in [0.717, 1.165) is 68.5 Å². The van der Waals surface area contributed by atoms with Gasteiger partial charge in [-0.1, -0.05) is 12.1 Å². The van der Waals surface area contributed by atoms with Crippen molar-refractivity contribution in [3.8, 4) is 11.5 Å². The molecule has 0 aliphatic carbocycles. The maximum Gasteiger partial charge on any atom is 0.161 e. The molecule has 2 aromatic rings. The zero-order valence-corrected chi connectivity index (χ0v) is 15.7. The van der Waals surface area contributed by atoms with Crippen molar-refractivity contribution in [1.29, 1.82) is 0 Å². The van der Waals surface area contributed by atoms with Gasteiger partial charge in [0.25, 0.3) is 0 Å². The Labute approximate surface area is 159 Å².